The van der Waals surface area contributed by atoms with Gasteiger partial charge in [0.1, 0.15) is 23.4 Å². The number of nitrogens with one attached hydrogen (secondary N) is 3. The summed E-state index contributed by atoms with van der Waals surface area (Å²) >= 11 is 5.79. The standard InChI is InChI=1S/C25H25ClF3N7O4/c1-35-18(6-8-32-35)22(37)34-21(15-3-4-16(26)17(27)9-15)23(38)33-20-10-14(5-7-30-20)19(11-40-2)36-13-25(28,29)12-31-24(36)39/h3-10,19,21H,11-13H2,1-2H3,(H,31,39)(H,34,37)(H,30,33,38)/t19-,21+/m1/s1. The summed E-state index contributed by atoms with van der Waals surface area (Å²) in [6, 6.07) is 4.96. The van der Waals surface area contributed by atoms with Crippen LogP contribution >= 0.6 is 11.6 Å². The third-order valence-electron chi connectivity index (χ3n) is 6.15. The topological polar surface area (TPSA) is 130 Å². The van der Waals surface area contributed by atoms with Gasteiger partial charge in [0.2, 0.25) is 0 Å². The minimum atomic E-state index is -3.16. The molecule has 0 bridgehead atoms. The number of hydrogen-bond donors (Lipinski definition) is 3. The van der Waals surface area contributed by atoms with E-state index >= 15 is 0 Å². The molecule has 11 nitrogen and oxygen atoms in total. The molecule has 0 saturated carbocycles. The molecule has 1 fully saturated rings. The highest BCUT2D eigenvalue weighted by Gasteiger charge is 2.42. The van der Waals surface area contributed by atoms with E-state index in [0.717, 1.165) is 11.0 Å². The summed E-state index contributed by atoms with van der Waals surface area (Å²) in [6.07, 6.45) is 2.72. The molecule has 4 amide bonds. The first kappa shape index (κ1) is 28.8. The summed E-state index contributed by atoms with van der Waals surface area (Å²) < 4.78 is 48.9. The summed E-state index contributed by atoms with van der Waals surface area (Å²) in [5.74, 6) is -5.41. The number of halogens is 4. The smallest absolute Gasteiger partial charge is 0.318 e. The van der Waals surface area contributed by atoms with Crippen LogP contribution in [0.5, 0.6) is 0 Å². The first-order chi connectivity index (χ1) is 19.0. The van der Waals surface area contributed by atoms with E-state index in [0.29, 0.717) is 5.56 Å². The lowest BCUT2D eigenvalue weighted by Gasteiger charge is -2.38. The zero-order valence-corrected chi connectivity index (χ0v) is 22.1. The normalized spacial score (nSPS) is 16.1. The number of rotatable bonds is 9. The number of alkyl halides is 2. The average molecular weight is 580 g/mol. The second kappa shape index (κ2) is 11.9. The number of methoxy groups -OCH3 is 1. The van der Waals surface area contributed by atoms with Gasteiger partial charge in [-0.3, -0.25) is 14.3 Å². The van der Waals surface area contributed by atoms with Crippen LogP contribution < -0.4 is 16.0 Å². The van der Waals surface area contributed by atoms with Crippen molar-refractivity contribution in [3.63, 3.8) is 0 Å². The van der Waals surface area contributed by atoms with Gasteiger partial charge in [0.15, 0.2) is 0 Å². The first-order valence-electron chi connectivity index (χ1n) is 11.9. The maximum absolute atomic E-state index is 14.3. The van der Waals surface area contributed by atoms with E-state index in [1.165, 1.54) is 61.6 Å². The quantitative estimate of drug-likeness (QED) is 0.357. The van der Waals surface area contributed by atoms with E-state index in [4.69, 9.17) is 16.3 Å². The van der Waals surface area contributed by atoms with Crippen molar-refractivity contribution < 1.29 is 32.3 Å². The van der Waals surface area contributed by atoms with Gasteiger partial charge in [0.25, 0.3) is 17.7 Å². The molecule has 1 aliphatic heterocycles. The molecule has 0 radical (unpaired) electrons. The molecule has 1 aliphatic rings. The summed E-state index contributed by atoms with van der Waals surface area (Å²) in [5, 5.41) is 11.0. The van der Waals surface area contributed by atoms with Crippen LogP contribution in [0.15, 0.2) is 48.8 Å². The molecule has 3 N–H and O–H groups in total. The van der Waals surface area contributed by atoms with Gasteiger partial charge in [-0.15, -0.1) is 0 Å². The van der Waals surface area contributed by atoms with Gasteiger partial charge < -0.3 is 25.6 Å². The van der Waals surface area contributed by atoms with Crippen LogP contribution in [0.4, 0.5) is 23.8 Å². The van der Waals surface area contributed by atoms with Crippen molar-refractivity contribution in [2.75, 3.05) is 32.1 Å². The molecule has 15 heteroatoms. The van der Waals surface area contributed by atoms with Gasteiger partial charge in [0, 0.05) is 26.6 Å². The van der Waals surface area contributed by atoms with Crippen LogP contribution in [0, 0.1) is 5.82 Å². The lowest BCUT2D eigenvalue weighted by Crippen LogP contribution is -2.58. The Kier molecular flexibility index (Phi) is 8.59. The van der Waals surface area contributed by atoms with Crippen molar-refractivity contribution in [3.8, 4) is 0 Å². The molecule has 3 heterocycles. The SMILES string of the molecule is COC[C@H](c1ccnc(NC(=O)[C@@H](NC(=O)c2ccnn2C)c2ccc(Cl)c(F)c2)c1)N1CC(F)(F)CNC1=O. The van der Waals surface area contributed by atoms with Gasteiger partial charge >= 0.3 is 6.03 Å². The second-order valence-electron chi connectivity index (χ2n) is 9.00. The number of carbonyl (C=O) groups is 3. The summed E-state index contributed by atoms with van der Waals surface area (Å²) in [4.78, 5) is 43.7. The maximum atomic E-state index is 14.3. The lowest BCUT2D eigenvalue weighted by molar-refractivity contribution is -0.118. The zero-order chi connectivity index (χ0) is 29.0. The van der Waals surface area contributed by atoms with Crippen LogP contribution in [-0.2, 0) is 16.6 Å². The minimum Gasteiger partial charge on any atom is -0.382 e. The Morgan fingerprint density at radius 2 is 1.98 bits per heavy atom. The summed E-state index contributed by atoms with van der Waals surface area (Å²) in [5.41, 5.74) is 0.593. The van der Waals surface area contributed by atoms with Crippen LogP contribution in [0.1, 0.15) is 33.7 Å². The number of hydrogen-bond acceptors (Lipinski definition) is 6. The van der Waals surface area contributed by atoms with Crippen molar-refractivity contribution in [2.45, 2.75) is 18.0 Å². The molecule has 2 atom stereocenters. The molecule has 4 rings (SSSR count). The molecular formula is C25H25ClF3N7O4. The van der Waals surface area contributed by atoms with Crippen molar-refractivity contribution in [1.29, 1.82) is 0 Å². The highest BCUT2D eigenvalue weighted by molar-refractivity contribution is 6.30. The number of nitrogens with zero attached hydrogens (tertiary/aromatic N) is 4. The number of aryl methyl sites for hydroxylation is 1. The Morgan fingerprint density at radius 3 is 2.65 bits per heavy atom. The molecule has 3 aromatic rings. The fraction of sp³-hybridized carbons (Fsp3) is 0.320. The predicted molar refractivity (Wildman–Crippen MR) is 137 cm³/mol. The van der Waals surface area contributed by atoms with Gasteiger partial charge in [-0.2, -0.15) is 5.10 Å². The van der Waals surface area contributed by atoms with Crippen molar-refractivity contribution in [2.24, 2.45) is 7.05 Å². The van der Waals surface area contributed by atoms with E-state index in [9.17, 15) is 27.6 Å². The van der Waals surface area contributed by atoms with E-state index in [-0.39, 0.29) is 28.7 Å². The number of anilines is 1. The number of aromatic nitrogens is 3. The Labute approximate surface area is 231 Å². The van der Waals surface area contributed by atoms with Crippen LogP contribution in [-0.4, -0.2) is 70.2 Å². The fourth-order valence-corrected chi connectivity index (χ4v) is 4.29. The minimum absolute atomic E-state index is 0.0120. The predicted octanol–water partition coefficient (Wildman–Crippen LogP) is 3.07. The van der Waals surface area contributed by atoms with Gasteiger partial charge in [-0.05, 0) is 41.5 Å². The molecule has 1 aromatic carbocycles. The third kappa shape index (κ3) is 6.51. The second-order valence-corrected chi connectivity index (χ2v) is 9.40. The average Bonchev–Trinajstić information content (AvgIpc) is 3.35. The zero-order valence-electron chi connectivity index (χ0n) is 21.3. The van der Waals surface area contributed by atoms with Gasteiger partial charge in [-0.1, -0.05) is 17.7 Å². The van der Waals surface area contributed by atoms with Gasteiger partial charge in [0.05, 0.1) is 30.8 Å². The molecule has 40 heavy (non-hydrogen) atoms. The van der Waals surface area contributed by atoms with Crippen LogP contribution in [0.25, 0.3) is 0 Å². The van der Waals surface area contributed by atoms with Crippen molar-refractivity contribution in [3.05, 3.63) is 76.5 Å². The highest BCUT2D eigenvalue weighted by atomic mass is 35.5. The fourth-order valence-electron chi connectivity index (χ4n) is 4.17. The third-order valence-corrected chi connectivity index (χ3v) is 6.46. The largest absolute Gasteiger partial charge is 0.382 e. The van der Waals surface area contributed by atoms with Gasteiger partial charge in [-0.25, -0.2) is 22.9 Å². The summed E-state index contributed by atoms with van der Waals surface area (Å²) in [7, 11) is 2.90. The Bertz CT molecular complexity index is 1420. The Balaban J connectivity index is 1.61. The molecule has 1 saturated heterocycles. The lowest BCUT2D eigenvalue weighted by atomic mass is 10.0. The van der Waals surface area contributed by atoms with Crippen LogP contribution in [0.3, 0.4) is 0 Å². The van der Waals surface area contributed by atoms with E-state index in [1.54, 1.807) is 0 Å². The van der Waals surface area contributed by atoms with Crippen molar-refractivity contribution >= 4 is 35.3 Å². The van der Waals surface area contributed by atoms with Crippen LogP contribution in [0.2, 0.25) is 5.02 Å². The maximum Gasteiger partial charge on any atom is 0.318 e. The monoisotopic (exact) mass is 579 g/mol. The highest BCUT2D eigenvalue weighted by Crippen LogP contribution is 2.29. The number of amides is 4. The first-order valence-corrected chi connectivity index (χ1v) is 12.3. The molecule has 212 valence electrons. The Hall–Kier alpha value is -4.17. The molecular weight excluding hydrogens is 555 g/mol. The van der Waals surface area contributed by atoms with E-state index in [1.807, 2.05) is 0 Å². The number of benzene rings is 1. The molecule has 0 spiro atoms. The number of urea groups is 1. The summed E-state index contributed by atoms with van der Waals surface area (Å²) in [6.45, 7) is -1.73. The molecule has 0 aliphatic carbocycles. The molecule has 0 unspecified atom stereocenters. The number of pyridine rings is 1. The Morgan fingerprint density at radius 1 is 1.20 bits per heavy atom. The number of ether oxygens (including phenoxy) is 1. The van der Waals surface area contributed by atoms with Crippen molar-refractivity contribution in [1.82, 2.24) is 30.3 Å². The molecule has 2 aromatic heterocycles. The number of carbonyl (C=O) groups excluding carboxylic acids is 3. The van der Waals surface area contributed by atoms with E-state index < -0.39 is 54.8 Å². The van der Waals surface area contributed by atoms with E-state index in [2.05, 4.69) is 26.0 Å².